The van der Waals surface area contributed by atoms with Crippen molar-refractivity contribution in [2.75, 3.05) is 0 Å². The van der Waals surface area contributed by atoms with Crippen LogP contribution in [0.2, 0.25) is 0 Å². The Labute approximate surface area is 185 Å². The number of nitro benzene ring substituents is 1. The molecular weight excluding hydrogens is 466 g/mol. The van der Waals surface area contributed by atoms with E-state index < -0.39 is 10.8 Å². The fraction of sp³-hybridized carbons (Fsp3) is 0.143. The molecule has 156 valence electrons. The SMILES string of the molecule is Cc1[nH]nc2c1[C@H](c1ccc(OCc3ccc([N+](=O)[O-])cc3)c(Br)c1)C(C#N)=C(N)O2. The van der Waals surface area contributed by atoms with Gasteiger partial charge in [0.2, 0.25) is 11.8 Å². The van der Waals surface area contributed by atoms with Crippen LogP contribution in [-0.2, 0) is 6.61 Å². The molecule has 3 aromatic rings. The molecule has 0 fully saturated rings. The van der Waals surface area contributed by atoms with E-state index in [0.29, 0.717) is 21.7 Å². The van der Waals surface area contributed by atoms with Gasteiger partial charge in [0.25, 0.3) is 5.69 Å². The summed E-state index contributed by atoms with van der Waals surface area (Å²) in [6.45, 7) is 2.10. The van der Waals surface area contributed by atoms with E-state index in [1.165, 1.54) is 12.1 Å². The highest BCUT2D eigenvalue weighted by atomic mass is 79.9. The number of halogens is 1. The molecule has 2 aromatic carbocycles. The number of H-pyrrole nitrogens is 1. The molecule has 0 radical (unpaired) electrons. The van der Waals surface area contributed by atoms with Gasteiger partial charge in [0, 0.05) is 23.4 Å². The van der Waals surface area contributed by atoms with Crippen LogP contribution in [0.4, 0.5) is 5.69 Å². The third kappa shape index (κ3) is 3.83. The van der Waals surface area contributed by atoms with E-state index in [2.05, 4.69) is 32.2 Å². The number of aryl methyl sites for hydroxylation is 1. The highest BCUT2D eigenvalue weighted by molar-refractivity contribution is 9.10. The van der Waals surface area contributed by atoms with Crippen molar-refractivity contribution in [1.29, 1.82) is 5.26 Å². The van der Waals surface area contributed by atoms with Crippen molar-refractivity contribution < 1.29 is 14.4 Å². The first-order valence-corrected chi connectivity index (χ1v) is 9.96. The largest absolute Gasteiger partial charge is 0.488 e. The van der Waals surface area contributed by atoms with Crippen LogP contribution in [0.3, 0.4) is 0 Å². The van der Waals surface area contributed by atoms with Crippen molar-refractivity contribution in [3.05, 3.63) is 90.9 Å². The second-order valence-electron chi connectivity index (χ2n) is 6.89. The van der Waals surface area contributed by atoms with Gasteiger partial charge in [0.05, 0.1) is 15.3 Å². The number of nitro groups is 1. The predicted molar refractivity (Wildman–Crippen MR) is 114 cm³/mol. The van der Waals surface area contributed by atoms with Gasteiger partial charge in [0.1, 0.15) is 24.0 Å². The Balaban J connectivity index is 1.59. The van der Waals surface area contributed by atoms with Crippen LogP contribution in [0.5, 0.6) is 11.6 Å². The molecule has 31 heavy (non-hydrogen) atoms. The minimum Gasteiger partial charge on any atom is -0.488 e. The quantitative estimate of drug-likeness (QED) is 0.411. The third-order valence-electron chi connectivity index (χ3n) is 4.96. The van der Waals surface area contributed by atoms with Crippen molar-refractivity contribution in [3.8, 4) is 17.7 Å². The van der Waals surface area contributed by atoms with Gasteiger partial charge >= 0.3 is 0 Å². The van der Waals surface area contributed by atoms with E-state index in [0.717, 1.165) is 22.4 Å². The lowest BCUT2D eigenvalue weighted by atomic mass is 9.84. The van der Waals surface area contributed by atoms with Crippen molar-refractivity contribution >= 4 is 21.6 Å². The number of hydrogen-bond acceptors (Lipinski definition) is 7. The summed E-state index contributed by atoms with van der Waals surface area (Å²) in [6, 6.07) is 13.8. The van der Waals surface area contributed by atoms with Crippen LogP contribution in [0.15, 0.2) is 58.4 Å². The number of nitrogens with zero attached hydrogens (tertiary/aromatic N) is 3. The summed E-state index contributed by atoms with van der Waals surface area (Å²) in [4.78, 5) is 10.3. The Morgan fingerprint density at radius 3 is 2.74 bits per heavy atom. The Kier molecular flexibility index (Phi) is 5.35. The minimum absolute atomic E-state index is 0.0280. The van der Waals surface area contributed by atoms with Gasteiger partial charge in [-0.25, -0.2) is 0 Å². The number of nitrogens with two attached hydrogens (primary N) is 1. The normalized spacial score (nSPS) is 15.1. The first-order valence-electron chi connectivity index (χ1n) is 9.17. The maximum atomic E-state index is 10.8. The predicted octanol–water partition coefficient (Wildman–Crippen LogP) is 4.19. The Morgan fingerprint density at radius 1 is 1.35 bits per heavy atom. The lowest BCUT2D eigenvalue weighted by Crippen LogP contribution is -2.21. The molecule has 1 aliphatic rings. The Morgan fingerprint density at radius 2 is 2.10 bits per heavy atom. The molecule has 1 atom stereocenters. The molecule has 4 rings (SSSR count). The molecule has 1 aliphatic heterocycles. The van der Waals surface area contributed by atoms with Gasteiger partial charge in [-0.1, -0.05) is 6.07 Å². The maximum absolute atomic E-state index is 10.8. The third-order valence-corrected chi connectivity index (χ3v) is 5.58. The lowest BCUT2D eigenvalue weighted by molar-refractivity contribution is -0.384. The molecule has 2 heterocycles. The molecule has 1 aromatic heterocycles. The summed E-state index contributed by atoms with van der Waals surface area (Å²) in [5.74, 6) is 0.552. The van der Waals surface area contributed by atoms with Gasteiger partial charge in [-0.3, -0.25) is 15.2 Å². The number of nitrogens with one attached hydrogen (secondary N) is 1. The van der Waals surface area contributed by atoms with Crippen LogP contribution in [0.25, 0.3) is 0 Å². The van der Waals surface area contributed by atoms with Crippen LogP contribution < -0.4 is 15.2 Å². The summed E-state index contributed by atoms with van der Waals surface area (Å²) in [5.41, 5.74) is 9.46. The molecule has 0 aliphatic carbocycles. The van der Waals surface area contributed by atoms with Crippen molar-refractivity contribution in [2.45, 2.75) is 19.4 Å². The van der Waals surface area contributed by atoms with Crippen LogP contribution in [0.1, 0.15) is 28.3 Å². The summed E-state index contributed by atoms with van der Waals surface area (Å²) in [6.07, 6.45) is 0. The molecule has 10 heteroatoms. The molecule has 0 bridgehead atoms. The van der Waals surface area contributed by atoms with Gasteiger partial charge in [-0.15, -0.1) is 5.10 Å². The molecule has 0 spiro atoms. The van der Waals surface area contributed by atoms with Crippen LogP contribution in [-0.4, -0.2) is 15.1 Å². The van der Waals surface area contributed by atoms with E-state index in [1.807, 2.05) is 19.1 Å². The molecule has 0 unspecified atom stereocenters. The van der Waals surface area contributed by atoms with E-state index in [1.54, 1.807) is 18.2 Å². The fourth-order valence-corrected chi connectivity index (χ4v) is 3.93. The smallest absolute Gasteiger partial charge is 0.269 e. The fourth-order valence-electron chi connectivity index (χ4n) is 3.42. The van der Waals surface area contributed by atoms with Crippen molar-refractivity contribution in [2.24, 2.45) is 5.73 Å². The van der Waals surface area contributed by atoms with Crippen LogP contribution in [0, 0.1) is 28.4 Å². The summed E-state index contributed by atoms with van der Waals surface area (Å²) >= 11 is 3.52. The summed E-state index contributed by atoms with van der Waals surface area (Å²) in [7, 11) is 0. The Bertz CT molecular complexity index is 1240. The number of benzene rings is 2. The van der Waals surface area contributed by atoms with Gasteiger partial charge in [-0.05, 0) is 58.2 Å². The number of aromatic amines is 1. The highest BCUT2D eigenvalue weighted by Gasteiger charge is 2.34. The number of non-ortho nitro benzene ring substituents is 1. The number of aromatic nitrogens is 2. The van der Waals surface area contributed by atoms with Gasteiger partial charge in [-0.2, -0.15) is 5.26 Å². The molecule has 3 N–H and O–H groups in total. The van der Waals surface area contributed by atoms with Crippen molar-refractivity contribution in [3.63, 3.8) is 0 Å². The van der Waals surface area contributed by atoms with Crippen LogP contribution >= 0.6 is 15.9 Å². The van der Waals surface area contributed by atoms with E-state index in [9.17, 15) is 15.4 Å². The molecule has 9 nitrogen and oxygen atoms in total. The average Bonchev–Trinajstić information content (AvgIpc) is 3.12. The Hall–Kier alpha value is -3.84. The standard InChI is InChI=1S/C21H16BrN5O4/c1-11-18-19(15(9-23)20(24)31-21(18)26-25-11)13-4-7-17(16(22)8-13)30-10-12-2-5-14(6-3-12)27(28)29/h2-8,19H,10,24H2,1H3,(H,25,26)/t19-/m1/s1. The molecular formula is C21H16BrN5O4. The summed E-state index contributed by atoms with van der Waals surface area (Å²) in [5, 5.41) is 27.4. The lowest BCUT2D eigenvalue weighted by Gasteiger charge is -2.24. The monoisotopic (exact) mass is 481 g/mol. The second-order valence-corrected chi connectivity index (χ2v) is 7.75. The molecule has 0 saturated heterocycles. The minimum atomic E-state index is -0.444. The topological polar surface area (TPSA) is 140 Å². The van der Waals surface area contributed by atoms with Gasteiger partial charge < -0.3 is 15.2 Å². The van der Waals surface area contributed by atoms with Gasteiger partial charge in [0.15, 0.2) is 0 Å². The first kappa shape index (κ1) is 20.4. The zero-order valence-electron chi connectivity index (χ0n) is 16.3. The second kappa shape index (κ2) is 8.12. The number of fused-ring (bicyclic) bond motifs is 1. The molecule has 0 saturated carbocycles. The molecule has 0 amide bonds. The number of allylic oxidation sites excluding steroid dienone is 1. The van der Waals surface area contributed by atoms with Crippen molar-refractivity contribution in [1.82, 2.24) is 10.2 Å². The number of hydrogen-bond donors (Lipinski definition) is 2. The van der Waals surface area contributed by atoms with E-state index in [-0.39, 0.29) is 18.2 Å². The zero-order chi connectivity index (χ0) is 22.1. The zero-order valence-corrected chi connectivity index (χ0v) is 17.8. The first-order chi connectivity index (χ1) is 14.9. The maximum Gasteiger partial charge on any atom is 0.269 e. The van der Waals surface area contributed by atoms with E-state index >= 15 is 0 Å². The summed E-state index contributed by atoms with van der Waals surface area (Å²) < 4.78 is 12.0. The number of nitriles is 1. The average molecular weight is 482 g/mol. The van der Waals surface area contributed by atoms with E-state index in [4.69, 9.17) is 15.2 Å². The number of ether oxygens (including phenoxy) is 2. The highest BCUT2D eigenvalue weighted by Crippen LogP contribution is 2.44. The number of rotatable bonds is 5.